The Labute approximate surface area is 160 Å². The van der Waals surface area contributed by atoms with Gasteiger partial charge in [-0.15, -0.1) is 0 Å². The number of nitrogens with one attached hydrogen (secondary N) is 1. The van der Waals surface area contributed by atoms with Gasteiger partial charge in [0, 0.05) is 24.7 Å². The Hall–Kier alpha value is -1.93. The average Bonchev–Trinajstić information content (AvgIpc) is 3.23. The number of carbonyl (C=O) groups excluding carboxylic acids is 2. The highest BCUT2D eigenvalue weighted by Gasteiger charge is 2.33. The lowest BCUT2D eigenvalue weighted by Gasteiger charge is -2.30. The molecule has 1 saturated heterocycles. The molecule has 1 aliphatic heterocycles. The topological polar surface area (TPSA) is 92.8 Å². The normalized spacial score (nSPS) is 21.7. The Kier molecular flexibility index (Phi) is 6.16. The third-order valence-electron chi connectivity index (χ3n) is 5.40. The van der Waals surface area contributed by atoms with E-state index in [2.05, 4.69) is 5.32 Å². The Balaban J connectivity index is 1.67. The Bertz CT molecular complexity index is 785. The van der Waals surface area contributed by atoms with Gasteiger partial charge in [-0.1, -0.05) is 12.8 Å². The van der Waals surface area contributed by atoms with Gasteiger partial charge >= 0.3 is 5.97 Å². The number of anilines is 1. The van der Waals surface area contributed by atoms with Crippen LogP contribution in [0, 0.1) is 11.8 Å². The molecule has 0 bridgehead atoms. The second-order valence-electron chi connectivity index (χ2n) is 7.22. The molecule has 2 aliphatic rings. The molecule has 1 saturated carbocycles. The van der Waals surface area contributed by atoms with Crippen molar-refractivity contribution in [2.45, 2.75) is 43.4 Å². The minimum absolute atomic E-state index is 0.0000532. The fourth-order valence-electron chi connectivity index (χ4n) is 3.81. The van der Waals surface area contributed by atoms with Crippen LogP contribution in [0.25, 0.3) is 0 Å². The largest absolute Gasteiger partial charge is 0.469 e. The smallest absolute Gasteiger partial charge is 0.309 e. The lowest BCUT2D eigenvalue weighted by atomic mass is 10.0. The number of esters is 1. The fourth-order valence-corrected chi connectivity index (χ4v) is 5.34. The predicted octanol–water partition coefficient (Wildman–Crippen LogP) is 2.39. The summed E-state index contributed by atoms with van der Waals surface area (Å²) in [5.74, 6) is -0.750. The number of methoxy groups -OCH3 is 1. The molecule has 0 radical (unpaired) electrons. The maximum Gasteiger partial charge on any atom is 0.309 e. The summed E-state index contributed by atoms with van der Waals surface area (Å²) < 4.78 is 31.8. The predicted molar refractivity (Wildman–Crippen MR) is 101 cm³/mol. The van der Waals surface area contributed by atoms with Gasteiger partial charge in [-0.25, -0.2) is 8.42 Å². The molecule has 1 N–H and O–H groups in total. The zero-order valence-corrected chi connectivity index (χ0v) is 16.3. The van der Waals surface area contributed by atoms with E-state index in [1.165, 1.54) is 23.5 Å². The van der Waals surface area contributed by atoms with Crippen LogP contribution in [0.5, 0.6) is 0 Å². The van der Waals surface area contributed by atoms with Crippen molar-refractivity contribution in [1.82, 2.24) is 4.31 Å². The van der Waals surface area contributed by atoms with Gasteiger partial charge in [0.05, 0.1) is 17.9 Å². The molecule has 1 heterocycles. The molecule has 2 fully saturated rings. The van der Waals surface area contributed by atoms with E-state index in [-0.39, 0.29) is 29.2 Å². The molecule has 0 aromatic heterocycles. The Morgan fingerprint density at radius 3 is 2.30 bits per heavy atom. The number of carbonyl (C=O) groups is 2. The van der Waals surface area contributed by atoms with Crippen molar-refractivity contribution in [3.63, 3.8) is 0 Å². The van der Waals surface area contributed by atoms with Crippen molar-refractivity contribution in [1.29, 1.82) is 0 Å². The first-order valence-corrected chi connectivity index (χ1v) is 10.8. The summed E-state index contributed by atoms with van der Waals surface area (Å²) in [6.07, 6.45) is 5.23. The number of piperidine rings is 1. The molecule has 0 spiro atoms. The summed E-state index contributed by atoms with van der Waals surface area (Å²) in [6, 6.07) is 6.23. The van der Waals surface area contributed by atoms with Gasteiger partial charge in [0.2, 0.25) is 15.9 Å². The van der Waals surface area contributed by atoms with E-state index in [1.807, 2.05) is 0 Å². The van der Waals surface area contributed by atoms with E-state index < -0.39 is 15.9 Å². The first-order valence-electron chi connectivity index (χ1n) is 9.40. The maximum absolute atomic E-state index is 12.9. The standard InChI is InChI=1S/C19H26N2O5S/c1-26-19(23)15-7-4-12-21(13-15)27(24,25)17-10-8-16(9-11-17)20-18(22)14-5-2-3-6-14/h8-11,14-15H,2-7,12-13H2,1H3,(H,20,22)/t15-/m1/s1. The molecule has 8 heteroatoms. The van der Waals surface area contributed by atoms with Crippen molar-refractivity contribution in [3.05, 3.63) is 24.3 Å². The Morgan fingerprint density at radius 1 is 1.04 bits per heavy atom. The summed E-state index contributed by atoms with van der Waals surface area (Å²) in [5, 5.41) is 2.86. The van der Waals surface area contributed by atoms with E-state index in [4.69, 9.17) is 4.74 Å². The van der Waals surface area contributed by atoms with Crippen molar-refractivity contribution in [3.8, 4) is 0 Å². The lowest BCUT2D eigenvalue weighted by Crippen LogP contribution is -2.42. The van der Waals surface area contributed by atoms with Crippen LogP contribution in [0.15, 0.2) is 29.2 Å². The number of hydrogen-bond donors (Lipinski definition) is 1. The number of ether oxygens (including phenoxy) is 1. The van der Waals surface area contributed by atoms with Crippen LogP contribution in [0.2, 0.25) is 0 Å². The van der Waals surface area contributed by atoms with E-state index in [9.17, 15) is 18.0 Å². The second kappa shape index (κ2) is 8.39. The highest BCUT2D eigenvalue weighted by atomic mass is 32.2. The molecule has 0 unspecified atom stereocenters. The van der Waals surface area contributed by atoms with Gasteiger partial charge in [-0.2, -0.15) is 4.31 Å². The summed E-state index contributed by atoms with van der Waals surface area (Å²) in [7, 11) is -2.37. The van der Waals surface area contributed by atoms with E-state index >= 15 is 0 Å². The van der Waals surface area contributed by atoms with Crippen LogP contribution in [-0.2, 0) is 24.3 Å². The van der Waals surface area contributed by atoms with E-state index in [0.717, 1.165) is 25.7 Å². The second-order valence-corrected chi connectivity index (χ2v) is 9.16. The summed E-state index contributed by atoms with van der Waals surface area (Å²) in [6.45, 7) is 0.519. The number of hydrogen-bond acceptors (Lipinski definition) is 5. The molecular formula is C19H26N2O5S. The highest BCUT2D eigenvalue weighted by molar-refractivity contribution is 7.89. The molecule has 1 amide bonds. The minimum Gasteiger partial charge on any atom is -0.469 e. The van der Waals surface area contributed by atoms with Crippen molar-refractivity contribution in [2.75, 3.05) is 25.5 Å². The van der Waals surface area contributed by atoms with Gasteiger partial charge in [-0.3, -0.25) is 9.59 Å². The number of sulfonamides is 1. The summed E-state index contributed by atoms with van der Waals surface area (Å²) >= 11 is 0. The molecule has 27 heavy (non-hydrogen) atoms. The molecule has 1 aromatic carbocycles. The van der Waals surface area contributed by atoms with Gasteiger partial charge in [0.25, 0.3) is 0 Å². The zero-order chi connectivity index (χ0) is 19.4. The van der Waals surface area contributed by atoms with Crippen molar-refractivity contribution in [2.24, 2.45) is 11.8 Å². The van der Waals surface area contributed by atoms with E-state index in [0.29, 0.717) is 25.1 Å². The SMILES string of the molecule is COC(=O)[C@@H]1CCCN(S(=O)(=O)c2ccc(NC(=O)C3CCCC3)cc2)C1. The van der Waals surface area contributed by atoms with Gasteiger partial charge in [0.15, 0.2) is 0 Å². The lowest BCUT2D eigenvalue weighted by molar-refractivity contribution is -0.146. The quantitative estimate of drug-likeness (QED) is 0.774. The fraction of sp³-hybridized carbons (Fsp3) is 0.579. The zero-order valence-electron chi connectivity index (χ0n) is 15.5. The van der Waals surface area contributed by atoms with Crippen LogP contribution >= 0.6 is 0 Å². The molecule has 7 nitrogen and oxygen atoms in total. The van der Waals surface area contributed by atoms with E-state index in [1.54, 1.807) is 12.1 Å². The molecule has 1 aromatic rings. The van der Waals surface area contributed by atoms with Crippen LogP contribution < -0.4 is 5.32 Å². The molecular weight excluding hydrogens is 368 g/mol. The first kappa shape index (κ1) is 19.8. The highest BCUT2D eigenvalue weighted by Crippen LogP contribution is 2.27. The van der Waals surface area contributed by atoms with Gasteiger partial charge in [-0.05, 0) is 49.9 Å². The third-order valence-corrected chi connectivity index (χ3v) is 7.28. The summed E-state index contributed by atoms with van der Waals surface area (Å²) in [4.78, 5) is 24.1. The Morgan fingerprint density at radius 2 is 1.67 bits per heavy atom. The molecule has 1 atom stereocenters. The number of amides is 1. The monoisotopic (exact) mass is 394 g/mol. The van der Waals surface area contributed by atoms with Crippen LogP contribution in [0.1, 0.15) is 38.5 Å². The average molecular weight is 394 g/mol. The molecule has 3 rings (SSSR count). The number of rotatable bonds is 5. The van der Waals surface area contributed by atoms with Crippen molar-refractivity contribution < 1.29 is 22.7 Å². The third kappa shape index (κ3) is 4.50. The van der Waals surface area contributed by atoms with Crippen LogP contribution in [0.4, 0.5) is 5.69 Å². The number of benzene rings is 1. The first-order chi connectivity index (χ1) is 12.9. The minimum atomic E-state index is -3.68. The maximum atomic E-state index is 12.9. The van der Waals surface area contributed by atoms with Crippen molar-refractivity contribution >= 4 is 27.6 Å². The van der Waals surface area contributed by atoms with Crippen LogP contribution in [-0.4, -0.2) is 44.8 Å². The van der Waals surface area contributed by atoms with Gasteiger partial charge < -0.3 is 10.1 Å². The molecule has 148 valence electrons. The van der Waals surface area contributed by atoms with Gasteiger partial charge in [0.1, 0.15) is 0 Å². The van der Waals surface area contributed by atoms with Crippen LogP contribution in [0.3, 0.4) is 0 Å². The number of nitrogens with zero attached hydrogens (tertiary/aromatic N) is 1. The molecule has 1 aliphatic carbocycles. The summed E-state index contributed by atoms with van der Waals surface area (Å²) in [5.41, 5.74) is 0.594.